The van der Waals surface area contributed by atoms with Gasteiger partial charge in [-0.05, 0) is 96.7 Å². The Morgan fingerprint density at radius 1 is 0.529 bits per heavy atom. The molecule has 0 amide bonds. The lowest BCUT2D eigenvalue weighted by Gasteiger charge is -2.46. The van der Waals surface area contributed by atoms with Gasteiger partial charge >= 0.3 is 6.18 Å². The number of hydrogen-bond donors (Lipinski definition) is 0. The Balaban J connectivity index is 1.52. The van der Waals surface area contributed by atoms with Crippen molar-refractivity contribution in [1.29, 1.82) is 0 Å². The normalized spacial score (nSPS) is 16.9. The van der Waals surface area contributed by atoms with Crippen LogP contribution in [0, 0.1) is 6.92 Å². The molecule has 0 bridgehead atoms. The van der Waals surface area contributed by atoms with Crippen LogP contribution in [0.2, 0.25) is 0 Å². The van der Waals surface area contributed by atoms with Crippen molar-refractivity contribution in [1.82, 2.24) is 0 Å². The number of halogens is 3. The number of aryl methyl sites for hydroxylation is 1. The molecule has 0 saturated carbocycles. The Morgan fingerprint density at radius 3 is 1.78 bits per heavy atom. The third-order valence-corrected chi connectivity index (χ3v) is 10.8. The minimum Gasteiger partial charge on any atom is -0.166 e. The number of hydrogen-bond acceptors (Lipinski definition) is 0. The zero-order chi connectivity index (χ0) is 34.7. The summed E-state index contributed by atoms with van der Waals surface area (Å²) in [5, 5.41) is 4.30. The van der Waals surface area contributed by atoms with Crippen molar-refractivity contribution >= 4 is 21.5 Å². The Bertz CT molecular complexity index is 2510. The predicted molar refractivity (Wildman–Crippen MR) is 202 cm³/mol. The van der Waals surface area contributed by atoms with E-state index in [4.69, 9.17) is 0 Å². The van der Waals surface area contributed by atoms with Gasteiger partial charge in [-0.1, -0.05) is 163 Å². The van der Waals surface area contributed by atoms with Crippen molar-refractivity contribution in [3.63, 3.8) is 0 Å². The zero-order valence-corrected chi connectivity index (χ0v) is 28.0. The second-order valence-corrected chi connectivity index (χ2v) is 13.6. The maximum Gasteiger partial charge on any atom is 0.416 e. The Labute approximate surface area is 295 Å². The summed E-state index contributed by atoms with van der Waals surface area (Å²) in [5.41, 5.74) is 9.12. The van der Waals surface area contributed by atoms with Gasteiger partial charge in [-0.3, -0.25) is 0 Å². The molecule has 0 aromatic heterocycles. The molecule has 0 saturated heterocycles. The van der Waals surface area contributed by atoms with Crippen molar-refractivity contribution in [2.75, 3.05) is 0 Å². The fourth-order valence-electron chi connectivity index (χ4n) is 8.62. The third kappa shape index (κ3) is 4.83. The molecular formula is C48H33F3. The highest BCUT2D eigenvalue weighted by atomic mass is 19.4. The fourth-order valence-corrected chi connectivity index (χ4v) is 8.62. The van der Waals surface area contributed by atoms with Crippen LogP contribution < -0.4 is 0 Å². The number of benzene rings is 8. The van der Waals surface area contributed by atoms with Gasteiger partial charge in [0, 0.05) is 5.92 Å². The number of rotatable bonds is 4. The van der Waals surface area contributed by atoms with Crippen LogP contribution in [0.3, 0.4) is 0 Å². The Hall–Kier alpha value is -5.93. The average Bonchev–Trinajstić information content (AvgIpc) is 3.16. The first-order valence-electron chi connectivity index (χ1n) is 17.3. The maximum atomic E-state index is 14.2. The molecule has 0 spiro atoms. The van der Waals surface area contributed by atoms with E-state index in [0.29, 0.717) is 0 Å². The fraction of sp³-hybridized carbons (Fsp3) is 0.0833. The monoisotopic (exact) mass is 666 g/mol. The summed E-state index contributed by atoms with van der Waals surface area (Å²) in [6, 6.07) is 59.3. The highest BCUT2D eigenvalue weighted by molar-refractivity contribution is 6.11. The van der Waals surface area contributed by atoms with E-state index in [2.05, 4.69) is 153 Å². The van der Waals surface area contributed by atoms with E-state index in [9.17, 15) is 13.2 Å². The summed E-state index contributed by atoms with van der Waals surface area (Å²) in [7, 11) is 0. The van der Waals surface area contributed by atoms with Crippen LogP contribution in [0.25, 0.3) is 32.7 Å². The predicted octanol–water partition coefficient (Wildman–Crippen LogP) is 12.9. The minimum absolute atomic E-state index is 0.0704. The summed E-state index contributed by atoms with van der Waals surface area (Å²) >= 11 is 0. The molecule has 0 heterocycles. The summed E-state index contributed by atoms with van der Waals surface area (Å²) in [4.78, 5) is 0. The second-order valence-electron chi connectivity index (χ2n) is 13.6. The molecule has 0 radical (unpaired) electrons. The van der Waals surface area contributed by atoms with Crippen molar-refractivity contribution < 1.29 is 13.2 Å². The van der Waals surface area contributed by atoms with E-state index < -0.39 is 17.2 Å². The molecule has 9 rings (SSSR count). The van der Waals surface area contributed by atoms with Gasteiger partial charge in [-0.25, -0.2) is 0 Å². The van der Waals surface area contributed by atoms with E-state index in [-0.39, 0.29) is 5.92 Å². The maximum absolute atomic E-state index is 14.2. The summed E-state index contributed by atoms with van der Waals surface area (Å²) < 4.78 is 42.5. The van der Waals surface area contributed by atoms with Gasteiger partial charge in [0.15, 0.2) is 0 Å². The lowest BCUT2D eigenvalue weighted by molar-refractivity contribution is -0.137. The Morgan fingerprint density at radius 2 is 1.12 bits per heavy atom. The first-order valence-corrected chi connectivity index (χ1v) is 17.3. The van der Waals surface area contributed by atoms with E-state index >= 15 is 0 Å². The van der Waals surface area contributed by atoms with Gasteiger partial charge in [0.25, 0.3) is 0 Å². The highest BCUT2D eigenvalue weighted by Gasteiger charge is 2.48. The Kier molecular flexibility index (Phi) is 7.22. The van der Waals surface area contributed by atoms with Gasteiger partial charge < -0.3 is 0 Å². The van der Waals surface area contributed by atoms with Crippen molar-refractivity contribution in [2.24, 2.45) is 0 Å². The third-order valence-electron chi connectivity index (χ3n) is 10.8. The van der Waals surface area contributed by atoms with Crippen LogP contribution in [0.15, 0.2) is 176 Å². The number of fused-ring (bicyclic) bond motifs is 4. The van der Waals surface area contributed by atoms with Crippen LogP contribution in [0.1, 0.15) is 56.0 Å². The van der Waals surface area contributed by atoms with Crippen LogP contribution in [0.4, 0.5) is 13.2 Å². The molecule has 246 valence electrons. The van der Waals surface area contributed by atoms with Crippen molar-refractivity contribution in [3.05, 3.63) is 226 Å². The molecule has 3 heteroatoms. The van der Waals surface area contributed by atoms with E-state index in [0.717, 1.165) is 66.1 Å². The SMILES string of the molecule is Cc1ccc(-c2cccc3cc4ccccc4c(C4(c5ccc(C(F)(F)F)cc5)c5ccccc5C(c5ccccc5)c5ccccc54)c23)cc1. The summed E-state index contributed by atoms with van der Waals surface area (Å²) in [6.45, 7) is 2.09. The molecule has 8 aromatic rings. The zero-order valence-electron chi connectivity index (χ0n) is 28.0. The minimum atomic E-state index is -4.46. The van der Waals surface area contributed by atoms with Crippen LogP contribution in [-0.2, 0) is 11.6 Å². The lowest BCUT2D eigenvalue weighted by Crippen LogP contribution is -2.38. The first kappa shape index (κ1) is 31.1. The van der Waals surface area contributed by atoms with Crippen LogP contribution in [-0.4, -0.2) is 0 Å². The smallest absolute Gasteiger partial charge is 0.166 e. The quantitative estimate of drug-likeness (QED) is 0.164. The van der Waals surface area contributed by atoms with Gasteiger partial charge in [-0.2, -0.15) is 13.2 Å². The largest absolute Gasteiger partial charge is 0.416 e. The molecule has 0 N–H and O–H groups in total. The first-order chi connectivity index (χ1) is 24.9. The van der Waals surface area contributed by atoms with E-state index in [1.165, 1.54) is 23.3 Å². The van der Waals surface area contributed by atoms with Crippen molar-refractivity contribution in [2.45, 2.75) is 24.4 Å². The van der Waals surface area contributed by atoms with Gasteiger partial charge in [0.05, 0.1) is 11.0 Å². The highest BCUT2D eigenvalue weighted by Crippen LogP contribution is 2.58. The van der Waals surface area contributed by atoms with Crippen LogP contribution >= 0.6 is 0 Å². The molecule has 1 aliphatic rings. The molecule has 0 unspecified atom stereocenters. The number of alkyl halides is 3. The molecule has 0 aliphatic heterocycles. The molecule has 8 aromatic carbocycles. The average molecular weight is 667 g/mol. The van der Waals surface area contributed by atoms with E-state index in [1.807, 2.05) is 6.07 Å². The van der Waals surface area contributed by atoms with E-state index in [1.54, 1.807) is 12.1 Å². The molecular weight excluding hydrogens is 634 g/mol. The molecule has 0 fully saturated rings. The van der Waals surface area contributed by atoms with Gasteiger partial charge in [0.1, 0.15) is 0 Å². The van der Waals surface area contributed by atoms with Crippen molar-refractivity contribution in [3.8, 4) is 11.1 Å². The molecule has 0 atom stereocenters. The standard InChI is InChI=1S/C48H33F3/c1-31-22-24-32(25-23-31)38-19-11-15-35-30-34-14-5-6-16-39(34)46(45(35)38)47(36-26-28-37(29-27-36)48(49,50)51)42-20-9-7-17-40(42)44(33-12-3-2-4-13-33)41-18-8-10-21-43(41)47/h2-30,44H,1H3. The summed E-state index contributed by atoms with van der Waals surface area (Å²) in [6.07, 6.45) is -4.46. The van der Waals surface area contributed by atoms with Gasteiger partial charge in [0.2, 0.25) is 0 Å². The molecule has 51 heavy (non-hydrogen) atoms. The lowest BCUT2D eigenvalue weighted by atomic mass is 9.55. The summed E-state index contributed by atoms with van der Waals surface area (Å²) in [5.74, 6) is -0.0704. The van der Waals surface area contributed by atoms with Gasteiger partial charge in [-0.15, -0.1) is 0 Å². The molecule has 0 nitrogen and oxygen atoms in total. The topological polar surface area (TPSA) is 0 Å². The second kappa shape index (κ2) is 11.8. The molecule has 1 aliphatic carbocycles. The van der Waals surface area contributed by atoms with Crippen LogP contribution in [0.5, 0.6) is 0 Å².